The number of aliphatic imine (C=N–C) groups is 1. The predicted molar refractivity (Wildman–Crippen MR) is 94.0 cm³/mol. The summed E-state index contributed by atoms with van der Waals surface area (Å²) < 4.78 is 0. The zero-order chi connectivity index (χ0) is 15.8. The van der Waals surface area contributed by atoms with Crippen LogP contribution in [0.1, 0.15) is 18.4 Å². The van der Waals surface area contributed by atoms with E-state index in [1.165, 1.54) is 10.9 Å². The van der Waals surface area contributed by atoms with Crippen molar-refractivity contribution in [2.45, 2.75) is 19.4 Å². The lowest BCUT2D eigenvalue weighted by Crippen LogP contribution is -2.39. The molecule has 4 heteroatoms. The number of benzene rings is 1. The Morgan fingerprint density at radius 1 is 1.36 bits per heavy atom. The summed E-state index contributed by atoms with van der Waals surface area (Å²) in [5, 5.41) is 4.61. The van der Waals surface area contributed by atoms with Crippen molar-refractivity contribution >= 4 is 16.9 Å². The Morgan fingerprint density at radius 3 is 2.95 bits per heavy atom. The van der Waals surface area contributed by atoms with Gasteiger partial charge in [-0.15, -0.1) is 6.58 Å². The molecule has 1 heterocycles. The van der Waals surface area contributed by atoms with Crippen LogP contribution < -0.4 is 5.32 Å². The van der Waals surface area contributed by atoms with Gasteiger partial charge in [-0.25, -0.2) is 0 Å². The van der Waals surface area contributed by atoms with Crippen LogP contribution in [0.25, 0.3) is 10.9 Å². The first-order chi connectivity index (χ1) is 10.8. The Morgan fingerprint density at radius 2 is 2.18 bits per heavy atom. The molecule has 0 aliphatic carbocycles. The van der Waals surface area contributed by atoms with Crippen molar-refractivity contribution in [1.29, 1.82) is 0 Å². The summed E-state index contributed by atoms with van der Waals surface area (Å²) in [6.45, 7) is 5.46. The molecule has 0 bridgehead atoms. The summed E-state index contributed by atoms with van der Waals surface area (Å²) in [4.78, 5) is 10.9. The number of fused-ring (bicyclic) bond motifs is 1. The summed E-state index contributed by atoms with van der Waals surface area (Å²) in [6.07, 6.45) is 5.91. The van der Waals surface area contributed by atoms with Crippen LogP contribution in [-0.4, -0.2) is 36.5 Å². The van der Waals surface area contributed by atoms with Crippen LogP contribution in [0.2, 0.25) is 0 Å². The highest BCUT2D eigenvalue weighted by molar-refractivity contribution is 5.83. The molecular weight excluding hydrogens is 272 g/mol. The van der Waals surface area contributed by atoms with Crippen molar-refractivity contribution in [3.05, 3.63) is 54.7 Å². The van der Waals surface area contributed by atoms with Gasteiger partial charge in [0.15, 0.2) is 5.96 Å². The number of pyridine rings is 1. The number of allylic oxidation sites excluding steroid dienone is 1. The molecule has 1 aromatic heterocycles. The van der Waals surface area contributed by atoms with E-state index in [-0.39, 0.29) is 0 Å². The molecule has 0 aliphatic heterocycles. The summed E-state index contributed by atoms with van der Waals surface area (Å²) in [5.74, 6) is 0.907. The molecule has 0 saturated carbocycles. The summed E-state index contributed by atoms with van der Waals surface area (Å²) >= 11 is 0. The topological polar surface area (TPSA) is 40.5 Å². The van der Waals surface area contributed by atoms with Crippen LogP contribution >= 0.6 is 0 Å². The number of unbranched alkanes of at least 4 members (excludes halogenated alkanes) is 1. The first-order valence-electron chi connectivity index (χ1n) is 7.61. The Kier molecular flexibility index (Phi) is 5.95. The minimum absolute atomic E-state index is 0.738. The van der Waals surface area contributed by atoms with Gasteiger partial charge in [0, 0.05) is 38.8 Å². The molecule has 0 aliphatic rings. The number of rotatable bonds is 6. The Labute approximate surface area is 132 Å². The van der Waals surface area contributed by atoms with Gasteiger partial charge in [-0.05, 0) is 30.5 Å². The minimum Gasteiger partial charge on any atom is -0.352 e. The number of guanidine groups is 1. The Balaban J connectivity index is 2.02. The lowest BCUT2D eigenvalue weighted by atomic mass is 10.1. The SMILES string of the molecule is C=CCCCN(C)C(=NC)NCc1ccnc2ccccc12. The van der Waals surface area contributed by atoms with Crippen LogP contribution in [0.3, 0.4) is 0 Å². The van der Waals surface area contributed by atoms with Gasteiger partial charge in [0.25, 0.3) is 0 Å². The molecule has 0 radical (unpaired) electrons. The van der Waals surface area contributed by atoms with Crippen molar-refractivity contribution in [2.75, 3.05) is 20.6 Å². The highest BCUT2D eigenvalue weighted by Crippen LogP contribution is 2.15. The molecule has 2 rings (SSSR count). The number of nitrogens with zero attached hydrogens (tertiary/aromatic N) is 3. The van der Waals surface area contributed by atoms with Gasteiger partial charge in [-0.2, -0.15) is 0 Å². The average molecular weight is 296 g/mol. The number of para-hydroxylation sites is 1. The fourth-order valence-electron chi connectivity index (χ4n) is 2.45. The molecule has 4 nitrogen and oxygen atoms in total. The van der Waals surface area contributed by atoms with Gasteiger partial charge in [-0.3, -0.25) is 9.98 Å². The van der Waals surface area contributed by atoms with Crippen LogP contribution in [0, 0.1) is 0 Å². The zero-order valence-electron chi connectivity index (χ0n) is 13.4. The maximum atomic E-state index is 4.40. The van der Waals surface area contributed by atoms with Gasteiger partial charge >= 0.3 is 0 Å². The molecule has 2 aromatic rings. The smallest absolute Gasteiger partial charge is 0.193 e. The van der Waals surface area contributed by atoms with Crippen LogP contribution in [-0.2, 0) is 6.54 Å². The van der Waals surface area contributed by atoms with Crippen molar-refractivity contribution in [1.82, 2.24) is 15.2 Å². The Bertz CT molecular complexity index is 643. The van der Waals surface area contributed by atoms with E-state index in [2.05, 4.69) is 46.0 Å². The molecule has 116 valence electrons. The number of hydrogen-bond donors (Lipinski definition) is 1. The highest BCUT2D eigenvalue weighted by atomic mass is 15.3. The predicted octanol–water partition coefficient (Wildman–Crippen LogP) is 3.21. The van der Waals surface area contributed by atoms with Crippen LogP contribution in [0.4, 0.5) is 0 Å². The molecule has 0 atom stereocenters. The first-order valence-corrected chi connectivity index (χ1v) is 7.61. The van der Waals surface area contributed by atoms with E-state index < -0.39 is 0 Å². The number of nitrogens with one attached hydrogen (secondary N) is 1. The van der Waals surface area contributed by atoms with E-state index in [4.69, 9.17) is 0 Å². The van der Waals surface area contributed by atoms with Crippen molar-refractivity contribution < 1.29 is 0 Å². The molecule has 0 spiro atoms. The quantitative estimate of drug-likeness (QED) is 0.385. The van der Waals surface area contributed by atoms with E-state index in [1.807, 2.05) is 37.5 Å². The molecule has 1 aromatic carbocycles. The molecular formula is C18H24N4. The molecule has 0 fully saturated rings. The summed E-state index contributed by atoms with van der Waals surface area (Å²) in [7, 11) is 3.88. The molecule has 22 heavy (non-hydrogen) atoms. The number of hydrogen-bond acceptors (Lipinski definition) is 2. The fraction of sp³-hybridized carbons (Fsp3) is 0.333. The van der Waals surface area contributed by atoms with E-state index in [1.54, 1.807) is 0 Å². The first kappa shape index (κ1) is 16.0. The van der Waals surface area contributed by atoms with Crippen molar-refractivity contribution in [3.8, 4) is 0 Å². The van der Waals surface area contributed by atoms with Gasteiger partial charge in [0.2, 0.25) is 0 Å². The lowest BCUT2D eigenvalue weighted by molar-refractivity contribution is 0.470. The third kappa shape index (κ3) is 4.07. The lowest BCUT2D eigenvalue weighted by Gasteiger charge is -2.22. The standard InChI is InChI=1S/C18H24N4/c1-4-5-8-13-22(3)18(19-2)21-14-15-11-12-20-17-10-7-6-9-16(15)17/h4,6-7,9-12H,1,5,8,13-14H2,2-3H3,(H,19,21). The van der Waals surface area contributed by atoms with Gasteiger partial charge < -0.3 is 10.2 Å². The third-order valence-corrected chi connectivity index (χ3v) is 3.65. The van der Waals surface area contributed by atoms with Crippen molar-refractivity contribution in [3.63, 3.8) is 0 Å². The summed E-state index contributed by atoms with van der Waals surface area (Å²) in [5.41, 5.74) is 2.25. The second-order valence-electron chi connectivity index (χ2n) is 5.24. The molecule has 1 N–H and O–H groups in total. The van der Waals surface area contributed by atoms with Gasteiger partial charge in [-0.1, -0.05) is 24.3 Å². The average Bonchev–Trinajstić information content (AvgIpc) is 2.56. The van der Waals surface area contributed by atoms with E-state index in [9.17, 15) is 0 Å². The normalized spacial score (nSPS) is 11.5. The third-order valence-electron chi connectivity index (χ3n) is 3.65. The minimum atomic E-state index is 0.738. The second-order valence-corrected chi connectivity index (χ2v) is 5.24. The zero-order valence-corrected chi connectivity index (χ0v) is 13.4. The molecule has 0 amide bonds. The number of aromatic nitrogens is 1. The fourth-order valence-corrected chi connectivity index (χ4v) is 2.45. The molecule has 0 unspecified atom stereocenters. The van der Waals surface area contributed by atoms with E-state index >= 15 is 0 Å². The van der Waals surface area contributed by atoms with Crippen LogP contribution in [0.15, 0.2) is 54.2 Å². The van der Waals surface area contributed by atoms with Gasteiger partial charge in [0.05, 0.1) is 5.52 Å². The highest BCUT2D eigenvalue weighted by Gasteiger charge is 2.06. The van der Waals surface area contributed by atoms with E-state index in [0.29, 0.717) is 0 Å². The Hall–Kier alpha value is -2.36. The van der Waals surface area contributed by atoms with Crippen molar-refractivity contribution in [2.24, 2.45) is 4.99 Å². The second kappa shape index (κ2) is 8.17. The maximum Gasteiger partial charge on any atom is 0.193 e. The van der Waals surface area contributed by atoms with Crippen LogP contribution in [0.5, 0.6) is 0 Å². The van der Waals surface area contributed by atoms with Gasteiger partial charge in [0.1, 0.15) is 0 Å². The largest absolute Gasteiger partial charge is 0.352 e. The molecule has 0 saturated heterocycles. The summed E-state index contributed by atoms with van der Waals surface area (Å²) in [6, 6.07) is 10.3. The maximum absolute atomic E-state index is 4.40. The van der Waals surface area contributed by atoms with E-state index in [0.717, 1.165) is 37.4 Å². The monoisotopic (exact) mass is 296 g/mol.